The predicted molar refractivity (Wildman–Crippen MR) is 98.0 cm³/mol. The molecule has 0 saturated carbocycles. The number of ether oxygens (including phenoxy) is 1. The quantitative estimate of drug-likeness (QED) is 0.573. The Bertz CT molecular complexity index is 810. The lowest BCUT2D eigenvalue weighted by Gasteiger charge is -2.05. The topological polar surface area (TPSA) is 79.8 Å². The van der Waals surface area contributed by atoms with Crippen molar-refractivity contribution < 1.29 is 18.7 Å². The molecule has 2 aromatic rings. The zero-order valence-electron chi connectivity index (χ0n) is 14.0. The molecule has 0 atom stereocenters. The van der Waals surface area contributed by atoms with Crippen molar-refractivity contribution in [3.05, 3.63) is 58.9 Å². The Hall–Kier alpha value is -2.93. The Kier molecular flexibility index (Phi) is 7.11. The number of methoxy groups -OCH3 is 1. The third-order valence-electron chi connectivity index (χ3n) is 3.29. The maximum atomic E-state index is 12.8. The SMILES string of the molecule is COc1ccc(Cl)cc1C=NNC(=O)CCC(=O)Nc1ccc(F)cc1. The fraction of sp³-hybridized carbons (Fsp3) is 0.167. The van der Waals surface area contributed by atoms with E-state index in [9.17, 15) is 14.0 Å². The molecule has 0 fully saturated rings. The molecule has 0 aliphatic heterocycles. The standard InChI is InChI=1S/C18H17ClFN3O3/c1-26-16-7-2-13(19)10-12(16)11-21-23-18(25)9-8-17(24)22-15-5-3-14(20)4-6-15/h2-7,10-11H,8-9H2,1H3,(H,22,24)(H,23,25). The van der Waals surface area contributed by atoms with Crippen LogP contribution in [0.1, 0.15) is 18.4 Å². The van der Waals surface area contributed by atoms with E-state index in [1.165, 1.54) is 37.6 Å². The van der Waals surface area contributed by atoms with Crippen LogP contribution >= 0.6 is 11.6 Å². The van der Waals surface area contributed by atoms with Gasteiger partial charge >= 0.3 is 0 Å². The summed E-state index contributed by atoms with van der Waals surface area (Å²) in [4.78, 5) is 23.5. The van der Waals surface area contributed by atoms with Crippen molar-refractivity contribution in [2.45, 2.75) is 12.8 Å². The third-order valence-corrected chi connectivity index (χ3v) is 3.53. The molecular weight excluding hydrogens is 361 g/mol. The van der Waals surface area contributed by atoms with Gasteiger partial charge in [0, 0.05) is 29.1 Å². The van der Waals surface area contributed by atoms with Crippen LogP contribution in [0.15, 0.2) is 47.6 Å². The second kappa shape index (κ2) is 9.53. The average molecular weight is 378 g/mol. The summed E-state index contributed by atoms with van der Waals surface area (Å²) in [5.74, 6) is -0.605. The molecule has 0 aliphatic carbocycles. The number of amides is 2. The summed E-state index contributed by atoms with van der Waals surface area (Å²) in [6.45, 7) is 0. The van der Waals surface area contributed by atoms with Crippen molar-refractivity contribution in [3.8, 4) is 5.75 Å². The number of benzene rings is 2. The van der Waals surface area contributed by atoms with E-state index in [4.69, 9.17) is 16.3 Å². The van der Waals surface area contributed by atoms with Crippen LogP contribution in [0.3, 0.4) is 0 Å². The molecule has 0 aromatic heterocycles. The normalized spacial score (nSPS) is 10.6. The van der Waals surface area contributed by atoms with E-state index < -0.39 is 11.7 Å². The fourth-order valence-corrected chi connectivity index (χ4v) is 2.20. The van der Waals surface area contributed by atoms with Gasteiger partial charge in [-0.05, 0) is 42.5 Å². The zero-order chi connectivity index (χ0) is 18.9. The first-order chi connectivity index (χ1) is 12.5. The highest BCUT2D eigenvalue weighted by molar-refractivity contribution is 6.30. The molecule has 0 aliphatic rings. The van der Waals surface area contributed by atoms with Crippen LogP contribution in [0, 0.1) is 5.82 Å². The zero-order valence-corrected chi connectivity index (χ0v) is 14.7. The minimum Gasteiger partial charge on any atom is -0.496 e. The van der Waals surface area contributed by atoms with Gasteiger partial charge in [0.25, 0.3) is 0 Å². The average Bonchev–Trinajstić information content (AvgIpc) is 2.62. The van der Waals surface area contributed by atoms with E-state index >= 15 is 0 Å². The van der Waals surface area contributed by atoms with Crippen molar-refractivity contribution in [1.82, 2.24) is 5.43 Å². The Morgan fingerprint density at radius 1 is 1.15 bits per heavy atom. The smallest absolute Gasteiger partial charge is 0.240 e. The summed E-state index contributed by atoms with van der Waals surface area (Å²) in [6.07, 6.45) is 1.33. The van der Waals surface area contributed by atoms with E-state index in [0.717, 1.165) is 0 Å². The largest absolute Gasteiger partial charge is 0.496 e. The molecule has 0 saturated heterocycles. The highest BCUT2D eigenvalue weighted by Crippen LogP contribution is 2.20. The fourth-order valence-electron chi connectivity index (χ4n) is 2.02. The van der Waals surface area contributed by atoms with Crippen molar-refractivity contribution in [2.75, 3.05) is 12.4 Å². The van der Waals surface area contributed by atoms with E-state index in [-0.39, 0.29) is 18.7 Å². The van der Waals surface area contributed by atoms with Crippen LogP contribution in [0.2, 0.25) is 5.02 Å². The van der Waals surface area contributed by atoms with Gasteiger partial charge < -0.3 is 10.1 Å². The molecule has 8 heteroatoms. The van der Waals surface area contributed by atoms with Crippen LogP contribution < -0.4 is 15.5 Å². The lowest BCUT2D eigenvalue weighted by atomic mass is 10.2. The number of hydrogen-bond acceptors (Lipinski definition) is 4. The van der Waals surface area contributed by atoms with Crippen molar-refractivity contribution >= 4 is 35.3 Å². The van der Waals surface area contributed by atoms with Crippen LogP contribution in [0.5, 0.6) is 5.75 Å². The van der Waals surface area contributed by atoms with Gasteiger partial charge in [-0.3, -0.25) is 9.59 Å². The van der Waals surface area contributed by atoms with Crippen LogP contribution in [0.4, 0.5) is 10.1 Å². The molecule has 0 bridgehead atoms. The number of hydrazone groups is 1. The summed E-state index contributed by atoms with van der Waals surface area (Å²) < 4.78 is 18.0. The van der Waals surface area contributed by atoms with Crippen LogP contribution in [0.25, 0.3) is 0 Å². The van der Waals surface area contributed by atoms with Gasteiger partial charge in [0.05, 0.1) is 13.3 Å². The molecule has 2 rings (SSSR count). The van der Waals surface area contributed by atoms with Crippen molar-refractivity contribution in [1.29, 1.82) is 0 Å². The van der Waals surface area contributed by atoms with E-state index in [1.54, 1.807) is 18.2 Å². The first kappa shape index (κ1) is 19.4. The number of carbonyl (C=O) groups is 2. The Morgan fingerprint density at radius 2 is 1.85 bits per heavy atom. The van der Waals surface area contributed by atoms with Gasteiger partial charge in [0.2, 0.25) is 11.8 Å². The van der Waals surface area contributed by atoms with E-state index in [2.05, 4.69) is 15.8 Å². The Labute approximate surface area is 155 Å². The Morgan fingerprint density at radius 3 is 2.54 bits per heavy atom. The molecule has 0 heterocycles. The van der Waals surface area contributed by atoms with Gasteiger partial charge in [0.1, 0.15) is 11.6 Å². The predicted octanol–water partition coefficient (Wildman–Crippen LogP) is 3.36. The van der Waals surface area contributed by atoms with Gasteiger partial charge in [-0.15, -0.1) is 0 Å². The summed E-state index contributed by atoms with van der Waals surface area (Å²) in [5.41, 5.74) is 3.40. The van der Waals surface area contributed by atoms with E-state index in [0.29, 0.717) is 22.0 Å². The number of anilines is 1. The molecule has 26 heavy (non-hydrogen) atoms. The molecule has 0 unspecified atom stereocenters. The molecular formula is C18H17ClFN3O3. The maximum absolute atomic E-state index is 12.8. The number of rotatable bonds is 7. The van der Waals surface area contributed by atoms with E-state index in [1.807, 2.05) is 0 Å². The Balaban J connectivity index is 1.79. The highest BCUT2D eigenvalue weighted by Gasteiger charge is 2.07. The number of carbonyl (C=O) groups excluding carboxylic acids is 2. The summed E-state index contributed by atoms with van der Waals surface area (Å²) >= 11 is 5.91. The van der Waals surface area contributed by atoms with Gasteiger partial charge in [0.15, 0.2) is 0 Å². The first-order valence-corrected chi connectivity index (χ1v) is 8.06. The monoisotopic (exact) mass is 377 g/mol. The van der Waals surface area contributed by atoms with Gasteiger partial charge in [-0.2, -0.15) is 5.10 Å². The van der Waals surface area contributed by atoms with Crippen molar-refractivity contribution in [2.24, 2.45) is 5.10 Å². The highest BCUT2D eigenvalue weighted by atomic mass is 35.5. The summed E-state index contributed by atoms with van der Waals surface area (Å²) in [7, 11) is 1.51. The second-order valence-corrected chi connectivity index (χ2v) is 5.67. The summed E-state index contributed by atoms with van der Waals surface area (Å²) in [6, 6.07) is 10.4. The second-order valence-electron chi connectivity index (χ2n) is 5.23. The minimum atomic E-state index is -0.420. The van der Waals surface area contributed by atoms with Gasteiger partial charge in [-0.1, -0.05) is 11.6 Å². The minimum absolute atomic E-state index is 0.0286. The molecule has 2 amide bonds. The molecule has 0 radical (unpaired) electrons. The molecule has 136 valence electrons. The van der Waals surface area contributed by atoms with Crippen LogP contribution in [-0.4, -0.2) is 25.1 Å². The molecule has 0 spiro atoms. The third kappa shape index (κ3) is 6.18. The molecule has 6 nitrogen and oxygen atoms in total. The number of nitrogens with zero attached hydrogens (tertiary/aromatic N) is 1. The number of hydrogen-bond donors (Lipinski definition) is 2. The van der Waals surface area contributed by atoms with Gasteiger partial charge in [-0.25, -0.2) is 9.82 Å². The summed E-state index contributed by atoms with van der Waals surface area (Å²) in [5, 5.41) is 6.91. The van der Waals surface area contributed by atoms with Crippen LogP contribution in [-0.2, 0) is 9.59 Å². The lowest BCUT2D eigenvalue weighted by Crippen LogP contribution is -2.20. The first-order valence-electron chi connectivity index (χ1n) is 7.69. The van der Waals surface area contributed by atoms with Crippen molar-refractivity contribution in [3.63, 3.8) is 0 Å². The number of nitrogens with one attached hydrogen (secondary N) is 2. The maximum Gasteiger partial charge on any atom is 0.240 e. The number of halogens is 2. The molecule has 2 N–H and O–H groups in total. The lowest BCUT2D eigenvalue weighted by molar-refractivity contribution is -0.124. The molecule has 2 aromatic carbocycles.